The molecule has 30 heavy (non-hydrogen) atoms. The molecule has 2 fully saturated rings. The van der Waals surface area contributed by atoms with Gasteiger partial charge in [-0.3, -0.25) is 4.79 Å². The molecule has 1 aromatic carbocycles. The molecule has 0 saturated heterocycles. The summed E-state index contributed by atoms with van der Waals surface area (Å²) in [6, 6.07) is 7.62. The Kier molecular flexibility index (Phi) is 7.43. The minimum Gasteiger partial charge on any atom is -0.497 e. The fraction of sp³-hybridized carbons (Fsp3) is 0.708. The van der Waals surface area contributed by atoms with Gasteiger partial charge in [0, 0.05) is 25.4 Å². The van der Waals surface area contributed by atoms with Crippen LogP contribution in [0.25, 0.3) is 0 Å². The molecular weight excluding hydrogens is 380 g/mol. The van der Waals surface area contributed by atoms with Crippen molar-refractivity contribution in [2.45, 2.75) is 63.1 Å². The van der Waals surface area contributed by atoms with Crippen LogP contribution in [0.2, 0.25) is 0 Å². The largest absolute Gasteiger partial charge is 0.497 e. The number of rotatable bonds is 7. The summed E-state index contributed by atoms with van der Waals surface area (Å²) in [5, 5.41) is 11.9. The van der Waals surface area contributed by atoms with Gasteiger partial charge in [-0.2, -0.15) is 0 Å². The van der Waals surface area contributed by atoms with E-state index in [1.54, 1.807) is 7.11 Å². The fourth-order valence-electron chi connectivity index (χ4n) is 5.27. The Morgan fingerprint density at radius 1 is 1.23 bits per heavy atom. The Balaban J connectivity index is 1.81. The van der Waals surface area contributed by atoms with E-state index in [1.165, 1.54) is 0 Å². The highest BCUT2D eigenvalue weighted by atomic mass is 16.5. The summed E-state index contributed by atoms with van der Waals surface area (Å²) >= 11 is 0. The zero-order valence-electron chi connectivity index (χ0n) is 18.7. The molecule has 0 aromatic heterocycles. The summed E-state index contributed by atoms with van der Waals surface area (Å²) in [6.07, 6.45) is 6.45. The number of benzene rings is 1. The maximum Gasteiger partial charge on any atom is 0.313 e. The first-order chi connectivity index (χ1) is 14.3. The van der Waals surface area contributed by atoms with Gasteiger partial charge in [-0.05, 0) is 57.5 Å². The number of ether oxygens (including phenoxy) is 2. The van der Waals surface area contributed by atoms with Crippen molar-refractivity contribution in [2.24, 2.45) is 17.1 Å². The van der Waals surface area contributed by atoms with Crippen molar-refractivity contribution in [1.82, 2.24) is 4.90 Å². The second-order valence-corrected chi connectivity index (χ2v) is 9.47. The lowest BCUT2D eigenvalue weighted by Gasteiger charge is -2.45. The molecule has 3 N–H and O–H groups in total. The van der Waals surface area contributed by atoms with Gasteiger partial charge in [0.1, 0.15) is 11.9 Å². The summed E-state index contributed by atoms with van der Waals surface area (Å²) < 4.78 is 11.4. The third-order valence-electron chi connectivity index (χ3n) is 7.11. The molecule has 3 rings (SSSR count). The highest BCUT2D eigenvalue weighted by Gasteiger charge is 2.47. The summed E-state index contributed by atoms with van der Waals surface area (Å²) in [7, 11) is 5.67. The van der Waals surface area contributed by atoms with Crippen molar-refractivity contribution in [3.63, 3.8) is 0 Å². The molecule has 0 aliphatic heterocycles. The van der Waals surface area contributed by atoms with E-state index in [9.17, 15) is 9.90 Å². The molecule has 0 radical (unpaired) electrons. The van der Waals surface area contributed by atoms with Gasteiger partial charge in [-0.1, -0.05) is 31.4 Å². The molecule has 2 saturated carbocycles. The van der Waals surface area contributed by atoms with Crippen molar-refractivity contribution in [3.8, 4) is 5.75 Å². The van der Waals surface area contributed by atoms with Gasteiger partial charge in [0.15, 0.2) is 0 Å². The smallest absolute Gasteiger partial charge is 0.313 e. The average Bonchev–Trinajstić information content (AvgIpc) is 2.76. The Morgan fingerprint density at radius 3 is 2.60 bits per heavy atom. The van der Waals surface area contributed by atoms with Crippen LogP contribution < -0.4 is 10.5 Å². The predicted molar refractivity (Wildman–Crippen MR) is 117 cm³/mol. The van der Waals surface area contributed by atoms with Crippen molar-refractivity contribution >= 4 is 5.97 Å². The fourth-order valence-corrected chi connectivity index (χ4v) is 5.27. The van der Waals surface area contributed by atoms with E-state index in [-0.39, 0.29) is 18.0 Å². The van der Waals surface area contributed by atoms with Crippen molar-refractivity contribution in [3.05, 3.63) is 29.8 Å². The molecule has 0 spiro atoms. The third-order valence-corrected chi connectivity index (χ3v) is 7.11. The summed E-state index contributed by atoms with van der Waals surface area (Å²) in [5.41, 5.74) is 5.22. The molecule has 0 amide bonds. The SMILES string of the molecule is COc1cccc(C2(O)CC(OC(=O)C3(CN)CCCCC3)CCC2CN(C)C)c1. The quantitative estimate of drug-likeness (QED) is 0.662. The van der Waals surface area contributed by atoms with Crippen molar-refractivity contribution in [1.29, 1.82) is 0 Å². The number of hydrogen-bond acceptors (Lipinski definition) is 6. The summed E-state index contributed by atoms with van der Waals surface area (Å²) in [6.45, 7) is 1.10. The van der Waals surface area contributed by atoms with Crippen LogP contribution in [0.4, 0.5) is 0 Å². The molecular formula is C24H38N2O4. The average molecular weight is 419 g/mol. The van der Waals surface area contributed by atoms with Gasteiger partial charge in [-0.25, -0.2) is 0 Å². The number of hydrogen-bond donors (Lipinski definition) is 2. The van der Waals surface area contributed by atoms with E-state index in [0.717, 1.165) is 57.1 Å². The van der Waals surface area contributed by atoms with Gasteiger partial charge in [0.25, 0.3) is 0 Å². The Labute approximate surface area is 180 Å². The van der Waals surface area contributed by atoms with Gasteiger partial charge in [-0.15, -0.1) is 0 Å². The Hall–Kier alpha value is -1.63. The third kappa shape index (κ3) is 4.82. The maximum absolute atomic E-state index is 13.1. The number of nitrogens with zero attached hydrogens (tertiary/aromatic N) is 1. The lowest BCUT2D eigenvalue weighted by Crippen LogP contribution is -2.49. The minimum atomic E-state index is -1.08. The number of carbonyl (C=O) groups excluding carboxylic acids is 1. The first-order valence-electron chi connectivity index (χ1n) is 11.3. The molecule has 0 heterocycles. The van der Waals surface area contributed by atoms with Crippen molar-refractivity contribution < 1.29 is 19.4 Å². The summed E-state index contributed by atoms with van der Waals surface area (Å²) in [4.78, 5) is 15.2. The standard InChI is InChI=1S/C24H38N2O4/c1-26(2)16-19-10-11-21(30-22(27)23(17-25)12-5-4-6-13-23)15-24(19,28)18-8-7-9-20(14-18)29-3/h7-9,14,19,21,28H,4-6,10-13,15-17,25H2,1-3H3. The molecule has 3 unspecified atom stereocenters. The number of carbonyl (C=O) groups is 1. The zero-order valence-corrected chi connectivity index (χ0v) is 18.7. The zero-order chi connectivity index (χ0) is 21.8. The monoisotopic (exact) mass is 418 g/mol. The minimum absolute atomic E-state index is 0.0488. The highest BCUT2D eigenvalue weighted by molar-refractivity contribution is 5.77. The molecule has 6 heteroatoms. The van der Waals surface area contributed by atoms with E-state index in [4.69, 9.17) is 15.2 Å². The molecule has 2 aliphatic carbocycles. The second kappa shape index (κ2) is 9.67. The van der Waals surface area contributed by atoms with Gasteiger partial charge < -0.3 is 25.2 Å². The van der Waals surface area contributed by atoms with E-state index >= 15 is 0 Å². The van der Waals surface area contributed by atoms with Crippen LogP contribution in [0.5, 0.6) is 5.75 Å². The maximum atomic E-state index is 13.1. The van der Waals surface area contributed by atoms with E-state index < -0.39 is 11.0 Å². The van der Waals surface area contributed by atoms with E-state index in [0.29, 0.717) is 18.7 Å². The van der Waals surface area contributed by atoms with Gasteiger partial charge in [0.2, 0.25) is 0 Å². The van der Waals surface area contributed by atoms with Crippen LogP contribution in [0, 0.1) is 11.3 Å². The number of aliphatic hydroxyl groups is 1. The van der Waals surface area contributed by atoms with E-state index in [2.05, 4.69) is 4.90 Å². The molecule has 6 nitrogen and oxygen atoms in total. The second-order valence-electron chi connectivity index (χ2n) is 9.47. The van der Waals surface area contributed by atoms with Gasteiger partial charge >= 0.3 is 5.97 Å². The Bertz CT molecular complexity index is 717. The molecule has 168 valence electrons. The predicted octanol–water partition coefficient (Wildman–Crippen LogP) is 3.07. The first kappa shape index (κ1) is 23.0. The molecule has 2 aliphatic rings. The first-order valence-corrected chi connectivity index (χ1v) is 11.3. The summed E-state index contributed by atoms with van der Waals surface area (Å²) in [5.74, 6) is 0.592. The number of esters is 1. The molecule has 1 aromatic rings. The lowest BCUT2D eigenvalue weighted by atomic mass is 9.70. The molecule has 0 bridgehead atoms. The van der Waals surface area contributed by atoms with Crippen LogP contribution >= 0.6 is 0 Å². The van der Waals surface area contributed by atoms with Gasteiger partial charge in [0.05, 0.1) is 18.1 Å². The molecule has 3 atom stereocenters. The highest BCUT2D eigenvalue weighted by Crippen LogP contribution is 2.45. The van der Waals surface area contributed by atoms with E-state index in [1.807, 2.05) is 38.4 Å². The van der Waals surface area contributed by atoms with Crippen LogP contribution in [0.1, 0.15) is 56.9 Å². The normalized spacial score (nSPS) is 28.9. The number of nitrogens with two attached hydrogens (primary N) is 1. The Morgan fingerprint density at radius 2 is 1.97 bits per heavy atom. The number of methoxy groups -OCH3 is 1. The van der Waals surface area contributed by atoms with Crippen LogP contribution in [-0.4, -0.2) is 56.4 Å². The van der Waals surface area contributed by atoms with Crippen molar-refractivity contribution in [2.75, 3.05) is 34.3 Å². The van der Waals surface area contributed by atoms with Crippen LogP contribution in [-0.2, 0) is 15.1 Å². The van der Waals surface area contributed by atoms with Crippen LogP contribution in [0.15, 0.2) is 24.3 Å². The van der Waals surface area contributed by atoms with Crippen LogP contribution in [0.3, 0.4) is 0 Å². The topological polar surface area (TPSA) is 85.0 Å². The lowest BCUT2D eigenvalue weighted by molar-refractivity contribution is -0.174.